The van der Waals surface area contributed by atoms with Crippen LogP contribution in [-0.4, -0.2) is 81.6 Å². The molecule has 1 unspecified atom stereocenters. The van der Waals surface area contributed by atoms with Crippen LogP contribution in [0.1, 0.15) is 13.3 Å². The van der Waals surface area contributed by atoms with Gasteiger partial charge in [-0.3, -0.25) is 4.79 Å². The summed E-state index contributed by atoms with van der Waals surface area (Å²) in [5.74, 6) is -0.747. The van der Waals surface area contributed by atoms with Gasteiger partial charge in [-0.25, -0.2) is 16.8 Å². The zero-order chi connectivity index (χ0) is 17.0. The predicted molar refractivity (Wildman–Crippen MR) is 82.7 cm³/mol. The number of halogens is 1. The van der Waals surface area contributed by atoms with Crippen molar-refractivity contribution in [2.45, 2.75) is 19.4 Å². The van der Waals surface area contributed by atoms with Crippen molar-refractivity contribution in [1.82, 2.24) is 8.61 Å². The fraction of sp³-hybridized carbons (Fsp3) is 0.909. The molecule has 1 rings (SSSR count). The smallest absolute Gasteiger partial charge is 0.325 e. The van der Waals surface area contributed by atoms with Gasteiger partial charge < -0.3 is 4.74 Å². The molecule has 8 nitrogen and oxygen atoms in total. The third kappa shape index (κ3) is 5.05. The van der Waals surface area contributed by atoms with Crippen LogP contribution in [0.25, 0.3) is 0 Å². The molecule has 1 fully saturated rings. The normalized spacial score (nSPS) is 21.7. The van der Waals surface area contributed by atoms with E-state index in [1.165, 1.54) is 0 Å². The second-order valence-corrected chi connectivity index (χ2v) is 9.26. The van der Waals surface area contributed by atoms with Crippen LogP contribution in [0.15, 0.2) is 0 Å². The third-order valence-corrected chi connectivity index (χ3v) is 6.71. The Hall–Kier alpha value is -0.420. The van der Waals surface area contributed by atoms with Crippen molar-refractivity contribution in [2.24, 2.45) is 0 Å². The molecule has 0 saturated carbocycles. The lowest BCUT2D eigenvalue weighted by Crippen LogP contribution is -2.59. The van der Waals surface area contributed by atoms with Crippen LogP contribution in [-0.2, 0) is 29.6 Å². The van der Waals surface area contributed by atoms with Crippen LogP contribution in [0.4, 0.5) is 0 Å². The number of carbonyl (C=O) groups is 1. The molecule has 11 heteroatoms. The van der Waals surface area contributed by atoms with Gasteiger partial charge in [-0.2, -0.15) is 8.61 Å². The first-order chi connectivity index (χ1) is 10.1. The van der Waals surface area contributed by atoms with E-state index in [9.17, 15) is 21.6 Å². The third-order valence-electron chi connectivity index (χ3n) is 3.21. The van der Waals surface area contributed by atoms with E-state index in [1.54, 1.807) is 6.92 Å². The number of ether oxygens (including phenoxy) is 1. The van der Waals surface area contributed by atoms with E-state index in [2.05, 4.69) is 0 Å². The van der Waals surface area contributed by atoms with Crippen LogP contribution in [0.5, 0.6) is 0 Å². The number of carbonyl (C=O) groups excluding carboxylic acids is 1. The van der Waals surface area contributed by atoms with Gasteiger partial charge in [0.1, 0.15) is 6.04 Å². The van der Waals surface area contributed by atoms with E-state index in [4.69, 9.17) is 16.3 Å². The van der Waals surface area contributed by atoms with E-state index >= 15 is 0 Å². The summed E-state index contributed by atoms with van der Waals surface area (Å²) in [6.07, 6.45) is 1.28. The minimum absolute atomic E-state index is 0.00877. The fourth-order valence-electron chi connectivity index (χ4n) is 2.16. The van der Waals surface area contributed by atoms with Crippen molar-refractivity contribution in [3.8, 4) is 0 Å². The second kappa shape index (κ2) is 7.91. The molecule has 0 bridgehead atoms. The van der Waals surface area contributed by atoms with Crippen LogP contribution in [0.2, 0.25) is 0 Å². The summed E-state index contributed by atoms with van der Waals surface area (Å²) < 4.78 is 54.9. The lowest BCUT2D eigenvalue weighted by atomic mass is 10.2. The summed E-state index contributed by atoms with van der Waals surface area (Å²) in [7, 11) is -7.21. The van der Waals surface area contributed by atoms with E-state index < -0.39 is 32.1 Å². The Morgan fingerprint density at radius 1 is 1.27 bits per heavy atom. The van der Waals surface area contributed by atoms with Gasteiger partial charge in [0.15, 0.2) is 0 Å². The van der Waals surface area contributed by atoms with Gasteiger partial charge in [-0.05, 0) is 13.3 Å². The Morgan fingerprint density at radius 2 is 1.91 bits per heavy atom. The molecule has 0 aromatic heterocycles. The fourth-order valence-corrected chi connectivity index (χ4v) is 4.92. The molecule has 0 aromatic rings. The number of hydrogen-bond donors (Lipinski definition) is 0. The van der Waals surface area contributed by atoms with Crippen molar-refractivity contribution in [3.05, 3.63) is 0 Å². The summed E-state index contributed by atoms with van der Waals surface area (Å²) in [6.45, 7) is 1.37. The minimum Gasteiger partial charge on any atom is -0.465 e. The average molecular weight is 377 g/mol. The number of esters is 1. The molecule has 1 atom stereocenters. The SMILES string of the molecule is CCOC(=O)C1CN(S(C)(=O)=O)CCN1S(=O)(=O)CCCCl. The molecule has 0 aromatic carbocycles. The molecule has 0 amide bonds. The maximum atomic E-state index is 12.3. The van der Waals surface area contributed by atoms with E-state index in [0.717, 1.165) is 14.9 Å². The molecule has 130 valence electrons. The van der Waals surface area contributed by atoms with Crippen LogP contribution in [0, 0.1) is 0 Å². The molecule has 0 radical (unpaired) electrons. The van der Waals surface area contributed by atoms with Gasteiger partial charge in [0.05, 0.1) is 18.6 Å². The Balaban J connectivity index is 3.03. The van der Waals surface area contributed by atoms with E-state index in [-0.39, 0.29) is 44.3 Å². The van der Waals surface area contributed by atoms with Crippen LogP contribution >= 0.6 is 11.6 Å². The van der Waals surface area contributed by atoms with Crippen LogP contribution < -0.4 is 0 Å². The maximum absolute atomic E-state index is 12.3. The highest BCUT2D eigenvalue weighted by molar-refractivity contribution is 7.89. The summed E-state index contributed by atoms with van der Waals surface area (Å²) in [4.78, 5) is 12.0. The summed E-state index contributed by atoms with van der Waals surface area (Å²) in [6, 6.07) is -1.16. The molecule has 1 saturated heterocycles. The molecule has 0 N–H and O–H groups in total. The van der Waals surface area contributed by atoms with Crippen LogP contribution in [0.3, 0.4) is 0 Å². The zero-order valence-corrected chi connectivity index (χ0v) is 15.0. The van der Waals surface area contributed by atoms with Crippen molar-refractivity contribution in [3.63, 3.8) is 0 Å². The van der Waals surface area contributed by atoms with Gasteiger partial charge in [0.2, 0.25) is 20.0 Å². The number of piperazine rings is 1. The van der Waals surface area contributed by atoms with Crippen molar-refractivity contribution >= 4 is 37.6 Å². The lowest BCUT2D eigenvalue weighted by Gasteiger charge is -2.37. The van der Waals surface area contributed by atoms with Gasteiger partial charge in [-0.15, -0.1) is 11.6 Å². The van der Waals surface area contributed by atoms with Gasteiger partial charge in [-0.1, -0.05) is 0 Å². The first-order valence-electron chi connectivity index (χ1n) is 6.80. The topological polar surface area (TPSA) is 101 Å². The predicted octanol–water partition coefficient (Wildman–Crippen LogP) is -0.546. The second-order valence-electron chi connectivity index (χ2n) is 4.86. The Morgan fingerprint density at radius 3 is 2.41 bits per heavy atom. The number of hydrogen-bond acceptors (Lipinski definition) is 6. The largest absolute Gasteiger partial charge is 0.465 e. The first kappa shape index (κ1) is 19.6. The number of alkyl halides is 1. The Bertz CT molecular complexity index is 592. The van der Waals surface area contributed by atoms with E-state index in [1.807, 2.05) is 0 Å². The summed E-state index contributed by atoms with van der Waals surface area (Å²) in [5.41, 5.74) is 0. The van der Waals surface area contributed by atoms with Crippen molar-refractivity contribution in [1.29, 1.82) is 0 Å². The zero-order valence-electron chi connectivity index (χ0n) is 12.6. The number of sulfonamides is 2. The highest BCUT2D eigenvalue weighted by Gasteiger charge is 2.42. The summed E-state index contributed by atoms with van der Waals surface area (Å²) >= 11 is 5.52. The highest BCUT2D eigenvalue weighted by Crippen LogP contribution is 2.19. The average Bonchev–Trinajstić information content (AvgIpc) is 2.44. The van der Waals surface area contributed by atoms with Crippen molar-refractivity contribution in [2.75, 3.05) is 44.1 Å². The molecule has 0 spiro atoms. The van der Waals surface area contributed by atoms with Gasteiger partial charge in [0.25, 0.3) is 0 Å². The molecule has 1 aliphatic heterocycles. The molecule has 1 aliphatic rings. The molecule has 0 aliphatic carbocycles. The molecular formula is C11H21ClN2O6S2. The maximum Gasteiger partial charge on any atom is 0.325 e. The molecule has 22 heavy (non-hydrogen) atoms. The van der Waals surface area contributed by atoms with Gasteiger partial charge in [0, 0.05) is 25.5 Å². The standard InChI is InChI=1S/C11H21ClN2O6S2/c1-3-20-11(15)10-9-13(21(2,16)17)6-7-14(10)22(18,19)8-4-5-12/h10H,3-9H2,1-2H3. The monoisotopic (exact) mass is 376 g/mol. The Kier molecular flexibility index (Phi) is 7.06. The molecular weight excluding hydrogens is 356 g/mol. The van der Waals surface area contributed by atoms with Gasteiger partial charge >= 0.3 is 5.97 Å². The number of nitrogens with zero attached hydrogens (tertiary/aromatic N) is 2. The highest BCUT2D eigenvalue weighted by atomic mass is 35.5. The minimum atomic E-state index is -3.70. The Labute approximate surface area is 136 Å². The molecule has 1 heterocycles. The van der Waals surface area contributed by atoms with E-state index in [0.29, 0.717) is 0 Å². The van der Waals surface area contributed by atoms with Crippen molar-refractivity contribution < 1.29 is 26.4 Å². The lowest BCUT2D eigenvalue weighted by molar-refractivity contribution is -0.148. The quantitative estimate of drug-likeness (QED) is 0.436. The first-order valence-corrected chi connectivity index (χ1v) is 10.8. The number of rotatable bonds is 7. The summed E-state index contributed by atoms with van der Waals surface area (Å²) in [5, 5.41) is 0.